The van der Waals surface area contributed by atoms with Crippen molar-refractivity contribution < 1.29 is 13.9 Å². The highest BCUT2D eigenvalue weighted by Crippen LogP contribution is 2.38. The summed E-state index contributed by atoms with van der Waals surface area (Å²) in [5.41, 5.74) is 1.82. The number of carbonyl (C=O) groups is 1. The molecule has 0 fully saturated rings. The van der Waals surface area contributed by atoms with Gasteiger partial charge in [0, 0.05) is 24.3 Å². The van der Waals surface area contributed by atoms with Gasteiger partial charge >= 0.3 is 0 Å². The molecule has 28 heavy (non-hydrogen) atoms. The average molecular weight is 399 g/mol. The zero-order valence-electron chi connectivity index (χ0n) is 14.5. The highest BCUT2D eigenvalue weighted by atomic mass is 35.5. The molecule has 10 heteroatoms. The monoisotopic (exact) mass is 398 g/mol. The van der Waals surface area contributed by atoms with Crippen LogP contribution in [0, 0.1) is 17.7 Å². The molecular weight excluding hydrogens is 387 g/mol. The summed E-state index contributed by atoms with van der Waals surface area (Å²) in [4.78, 5) is 19.1. The van der Waals surface area contributed by atoms with Crippen LogP contribution in [-0.2, 0) is 9.53 Å². The minimum Gasteiger partial charge on any atom is -0.372 e. The number of H-pyrrole nitrogens is 1. The second-order valence-electron chi connectivity index (χ2n) is 5.70. The van der Waals surface area contributed by atoms with Crippen molar-refractivity contribution in [3.8, 4) is 23.1 Å². The smallest absolute Gasteiger partial charge is 0.212 e. The Morgan fingerprint density at radius 1 is 1.43 bits per heavy atom. The standard InChI is InChI=1S/C18H12ClFN6O2/c1-28-4-2-3-10-17(20)16(19)15(11-5-23-25-18(10)11)12-7-26-8-13(22-9-27)24-14(26)6-21-12/h5-9H,4H2,1H3,(H,22,27)(H,23,25). The third-order valence-corrected chi connectivity index (χ3v) is 4.38. The topological polar surface area (TPSA) is 97.2 Å². The quantitative estimate of drug-likeness (QED) is 0.407. The Hall–Kier alpha value is -3.48. The number of hydrogen-bond acceptors (Lipinski definition) is 5. The number of nitrogens with zero attached hydrogens (tertiary/aromatic N) is 4. The molecule has 0 atom stereocenters. The molecular formula is C18H12ClFN6O2. The predicted octanol–water partition coefficient (Wildman–Crippen LogP) is 2.63. The van der Waals surface area contributed by atoms with Gasteiger partial charge in [-0.1, -0.05) is 23.4 Å². The molecule has 0 saturated heterocycles. The fourth-order valence-electron chi connectivity index (χ4n) is 2.84. The molecule has 1 amide bonds. The van der Waals surface area contributed by atoms with Crippen molar-refractivity contribution in [1.82, 2.24) is 24.6 Å². The first-order valence-corrected chi connectivity index (χ1v) is 8.39. The second kappa shape index (κ2) is 7.26. The summed E-state index contributed by atoms with van der Waals surface area (Å²) in [5.74, 6) is 5.14. The Labute approximate surface area is 162 Å². The highest BCUT2D eigenvalue weighted by Gasteiger charge is 2.21. The fraction of sp³-hybridized carbons (Fsp3) is 0.111. The minimum atomic E-state index is -0.673. The molecule has 0 radical (unpaired) electrons. The molecule has 0 aliphatic rings. The number of ether oxygens (including phenoxy) is 1. The molecule has 0 saturated carbocycles. The van der Waals surface area contributed by atoms with Gasteiger partial charge in [0.25, 0.3) is 0 Å². The lowest BCUT2D eigenvalue weighted by molar-refractivity contribution is -0.105. The zero-order chi connectivity index (χ0) is 19.7. The first kappa shape index (κ1) is 17.9. The van der Waals surface area contributed by atoms with E-state index in [1.54, 1.807) is 16.8 Å². The Bertz CT molecular complexity index is 1270. The van der Waals surface area contributed by atoms with Crippen LogP contribution in [0.5, 0.6) is 0 Å². The number of anilines is 1. The molecule has 4 rings (SSSR count). The summed E-state index contributed by atoms with van der Waals surface area (Å²) in [7, 11) is 1.50. The lowest BCUT2D eigenvalue weighted by Gasteiger charge is -2.09. The molecule has 2 N–H and O–H groups in total. The van der Waals surface area contributed by atoms with Gasteiger partial charge in [0.05, 0.1) is 40.4 Å². The van der Waals surface area contributed by atoms with E-state index in [2.05, 4.69) is 37.3 Å². The zero-order valence-corrected chi connectivity index (χ0v) is 15.2. The van der Waals surface area contributed by atoms with Crippen LogP contribution >= 0.6 is 11.6 Å². The number of benzene rings is 1. The van der Waals surface area contributed by atoms with Crippen molar-refractivity contribution in [3.05, 3.63) is 41.2 Å². The first-order chi connectivity index (χ1) is 13.6. The van der Waals surface area contributed by atoms with Gasteiger partial charge in [0.2, 0.25) is 6.41 Å². The van der Waals surface area contributed by atoms with Crippen molar-refractivity contribution in [2.75, 3.05) is 19.0 Å². The van der Waals surface area contributed by atoms with E-state index in [1.165, 1.54) is 19.5 Å². The van der Waals surface area contributed by atoms with E-state index in [1.807, 2.05) is 0 Å². The number of rotatable bonds is 4. The molecule has 140 valence electrons. The van der Waals surface area contributed by atoms with Crippen LogP contribution in [0.25, 0.3) is 27.8 Å². The van der Waals surface area contributed by atoms with E-state index in [4.69, 9.17) is 16.3 Å². The number of hydrogen-bond donors (Lipinski definition) is 2. The van der Waals surface area contributed by atoms with Gasteiger partial charge in [0.15, 0.2) is 17.3 Å². The molecule has 0 bridgehead atoms. The molecule has 3 aromatic heterocycles. The van der Waals surface area contributed by atoms with E-state index in [0.29, 0.717) is 40.0 Å². The molecule has 4 aromatic rings. The van der Waals surface area contributed by atoms with E-state index >= 15 is 0 Å². The third kappa shape index (κ3) is 2.94. The average Bonchev–Trinajstić information content (AvgIpc) is 3.31. The number of aromatic nitrogens is 5. The van der Waals surface area contributed by atoms with E-state index in [9.17, 15) is 9.18 Å². The predicted molar refractivity (Wildman–Crippen MR) is 101 cm³/mol. The highest BCUT2D eigenvalue weighted by molar-refractivity contribution is 6.35. The van der Waals surface area contributed by atoms with Crippen molar-refractivity contribution in [1.29, 1.82) is 0 Å². The largest absolute Gasteiger partial charge is 0.372 e. The van der Waals surface area contributed by atoms with E-state index < -0.39 is 5.82 Å². The van der Waals surface area contributed by atoms with Crippen LogP contribution < -0.4 is 5.32 Å². The Kier molecular flexibility index (Phi) is 4.65. The van der Waals surface area contributed by atoms with Crippen LogP contribution in [0.2, 0.25) is 5.02 Å². The number of fused-ring (bicyclic) bond motifs is 2. The van der Waals surface area contributed by atoms with Crippen molar-refractivity contribution in [2.24, 2.45) is 0 Å². The molecule has 0 aliphatic carbocycles. The second-order valence-corrected chi connectivity index (χ2v) is 6.08. The van der Waals surface area contributed by atoms with Crippen LogP contribution in [0.15, 0.2) is 24.8 Å². The summed E-state index contributed by atoms with van der Waals surface area (Å²) in [6.07, 6.45) is 6.81. The summed E-state index contributed by atoms with van der Waals surface area (Å²) >= 11 is 6.35. The SMILES string of the molecule is COCC#Cc1c(F)c(Cl)c(-c2cn3cc(NC=O)nc3cn2)c2cn[nH]c12. The number of carbonyl (C=O) groups excluding carboxylic acids is 1. The molecule has 3 heterocycles. The number of methoxy groups -OCH3 is 1. The van der Waals surface area contributed by atoms with Gasteiger partial charge in [-0.3, -0.25) is 14.9 Å². The maximum Gasteiger partial charge on any atom is 0.212 e. The van der Waals surface area contributed by atoms with Crippen LogP contribution in [-0.4, -0.2) is 44.7 Å². The van der Waals surface area contributed by atoms with Gasteiger partial charge in [-0.2, -0.15) is 5.10 Å². The third-order valence-electron chi connectivity index (χ3n) is 4.02. The normalized spacial score (nSPS) is 10.8. The van der Waals surface area contributed by atoms with Gasteiger partial charge in [0.1, 0.15) is 6.61 Å². The van der Waals surface area contributed by atoms with Crippen molar-refractivity contribution >= 4 is 40.4 Å². The maximum atomic E-state index is 15.0. The van der Waals surface area contributed by atoms with Gasteiger partial charge in [-0.05, 0) is 0 Å². The lowest BCUT2D eigenvalue weighted by atomic mass is 10.0. The lowest BCUT2D eigenvalue weighted by Crippen LogP contribution is -1.96. The maximum absolute atomic E-state index is 15.0. The number of imidazole rings is 1. The summed E-state index contributed by atoms with van der Waals surface area (Å²) in [6.45, 7) is 0.157. The molecule has 0 spiro atoms. The summed E-state index contributed by atoms with van der Waals surface area (Å²) in [5, 5.41) is 9.69. The summed E-state index contributed by atoms with van der Waals surface area (Å²) < 4.78 is 21.5. The number of aromatic amines is 1. The van der Waals surface area contributed by atoms with Gasteiger partial charge in [-0.25, -0.2) is 9.37 Å². The summed E-state index contributed by atoms with van der Waals surface area (Å²) in [6, 6.07) is 0. The van der Waals surface area contributed by atoms with Crippen molar-refractivity contribution in [3.63, 3.8) is 0 Å². The fourth-order valence-corrected chi connectivity index (χ4v) is 3.13. The Morgan fingerprint density at radius 3 is 3.07 bits per heavy atom. The van der Waals surface area contributed by atoms with Gasteiger partial charge in [-0.15, -0.1) is 0 Å². The molecule has 0 aliphatic heterocycles. The molecule has 8 nitrogen and oxygen atoms in total. The first-order valence-electron chi connectivity index (χ1n) is 8.01. The number of halogens is 2. The van der Waals surface area contributed by atoms with Crippen LogP contribution in [0.1, 0.15) is 5.56 Å². The molecule has 0 unspecified atom stereocenters. The van der Waals surface area contributed by atoms with Gasteiger partial charge < -0.3 is 14.5 Å². The van der Waals surface area contributed by atoms with Crippen LogP contribution in [0.3, 0.4) is 0 Å². The Morgan fingerprint density at radius 2 is 2.29 bits per heavy atom. The van der Waals surface area contributed by atoms with E-state index in [0.717, 1.165) is 0 Å². The van der Waals surface area contributed by atoms with E-state index in [-0.39, 0.29) is 17.2 Å². The Balaban J connectivity index is 1.92. The van der Waals surface area contributed by atoms with Crippen LogP contribution in [0.4, 0.5) is 10.2 Å². The molecule has 1 aromatic carbocycles. The minimum absolute atomic E-state index is 0.111. The number of amides is 1. The number of nitrogens with one attached hydrogen (secondary N) is 2. The van der Waals surface area contributed by atoms with Crippen molar-refractivity contribution in [2.45, 2.75) is 0 Å².